The molecule has 5 heterocycles. The Morgan fingerprint density at radius 1 is 0.591 bits per heavy atom. The topological polar surface area (TPSA) is 73.4 Å². The number of hydrogen-bond acceptors (Lipinski definition) is 8. The number of nitrogens with one attached hydrogen (secondary N) is 3. The number of benzene rings is 6. The summed E-state index contributed by atoms with van der Waals surface area (Å²) in [5.41, 5.74) is 19.1. The largest absolute Gasteiger partial charge is 0.450 e. The van der Waals surface area contributed by atoms with Gasteiger partial charge in [-0.25, -0.2) is 0 Å². The Hall–Kier alpha value is -5.61. The SMILES string of the molecule is CCCN1CCNC2CNCC(c3cc(C)c(-c4ccc(-c5ccc6c(c5)Oc5cc(-c7ccc(-c8cc(C)c(C9CN(C)CC%10=NCCNC%109)cc8C)cc7)ccc5O6)cc4)cc3C)C21. The minimum Gasteiger partial charge on any atom is -0.450 e. The van der Waals surface area contributed by atoms with Gasteiger partial charge in [-0.3, -0.25) is 9.89 Å². The molecular weight excluding hydrogens is 813 g/mol. The van der Waals surface area contributed by atoms with Crippen molar-refractivity contribution in [1.82, 2.24) is 25.8 Å². The Labute approximate surface area is 391 Å². The molecule has 66 heavy (non-hydrogen) atoms. The van der Waals surface area contributed by atoms with Crippen LogP contribution in [-0.2, 0) is 0 Å². The highest BCUT2D eigenvalue weighted by atomic mass is 16.6. The number of piperidine rings is 2. The summed E-state index contributed by atoms with van der Waals surface area (Å²) in [5.74, 6) is 3.76. The van der Waals surface area contributed by atoms with Crippen molar-refractivity contribution < 1.29 is 9.47 Å². The average Bonchev–Trinajstić information content (AvgIpc) is 3.34. The van der Waals surface area contributed by atoms with Gasteiger partial charge in [-0.15, -0.1) is 0 Å². The van der Waals surface area contributed by atoms with E-state index in [4.69, 9.17) is 14.5 Å². The van der Waals surface area contributed by atoms with Crippen LogP contribution in [0.25, 0.3) is 44.5 Å². The van der Waals surface area contributed by atoms with Crippen LogP contribution in [0.3, 0.4) is 0 Å². The molecule has 6 aromatic rings. The molecule has 5 aliphatic heterocycles. The van der Waals surface area contributed by atoms with Crippen LogP contribution in [0.5, 0.6) is 23.0 Å². The molecule has 0 radical (unpaired) electrons. The third kappa shape index (κ3) is 8.07. The van der Waals surface area contributed by atoms with E-state index >= 15 is 0 Å². The van der Waals surface area contributed by atoms with Crippen molar-refractivity contribution in [2.24, 2.45) is 4.99 Å². The van der Waals surface area contributed by atoms with Crippen LogP contribution in [0, 0.1) is 27.7 Å². The summed E-state index contributed by atoms with van der Waals surface area (Å²) in [7, 11) is 2.22. The maximum absolute atomic E-state index is 6.61. The summed E-state index contributed by atoms with van der Waals surface area (Å²) in [6, 6.07) is 41.5. The Balaban J connectivity index is 0.788. The van der Waals surface area contributed by atoms with E-state index in [1.165, 1.54) is 74.3 Å². The molecule has 0 bridgehead atoms. The van der Waals surface area contributed by atoms with Crippen LogP contribution >= 0.6 is 0 Å². The number of likely N-dealkylation sites (N-methyl/N-ethyl adjacent to an activating group) is 1. The van der Waals surface area contributed by atoms with Crippen molar-refractivity contribution in [2.75, 3.05) is 66.0 Å². The van der Waals surface area contributed by atoms with Crippen molar-refractivity contribution in [3.05, 3.63) is 143 Å². The third-order valence-corrected chi connectivity index (χ3v) is 15.2. The third-order valence-electron chi connectivity index (χ3n) is 15.2. The predicted octanol–water partition coefficient (Wildman–Crippen LogP) is 10.7. The van der Waals surface area contributed by atoms with E-state index in [1.807, 2.05) is 12.1 Å². The standard InChI is InChI=1S/C58H64N6O2/c1-7-23-64-24-22-61-51-32-59-31-49(58(51)64)47-27-35(2)45(25-37(47)4)41-12-8-39(9-13-41)43-16-18-53-55(29-43)66-56-30-44(17-19-54(56)65-53)40-10-14-42(15-11-40)46-26-38(5)48(28-36(46)3)50-33-63(6)34-52-57(50)62-21-20-60-52/h8-19,25-30,49-51,57-59,61-62H,7,20-24,31-34H2,1-6H3. The lowest BCUT2D eigenvalue weighted by Crippen LogP contribution is -2.66. The van der Waals surface area contributed by atoms with Gasteiger partial charge < -0.3 is 30.3 Å². The lowest BCUT2D eigenvalue weighted by Gasteiger charge is -2.49. The second-order valence-electron chi connectivity index (χ2n) is 19.7. The van der Waals surface area contributed by atoms with Crippen molar-refractivity contribution in [3.8, 4) is 67.5 Å². The molecule has 5 aliphatic rings. The fourth-order valence-corrected chi connectivity index (χ4v) is 11.9. The zero-order valence-electron chi connectivity index (χ0n) is 39.5. The highest BCUT2D eigenvalue weighted by molar-refractivity contribution is 5.94. The Bertz CT molecular complexity index is 2810. The summed E-state index contributed by atoms with van der Waals surface area (Å²) in [6.45, 7) is 20.7. The number of nitrogens with zero attached hydrogens (tertiary/aromatic N) is 3. The summed E-state index contributed by atoms with van der Waals surface area (Å²) in [5, 5.41) is 11.4. The van der Waals surface area contributed by atoms with Crippen molar-refractivity contribution in [2.45, 2.75) is 71.0 Å². The molecule has 0 amide bonds. The van der Waals surface area contributed by atoms with Crippen molar-refractivity contribution >= 4 is 5.71 Å². The van der Waals surface area contributed by atoms with Gasteiger partial charge in [0.15, 0.2) is 23.0 Å². The van der Waals surface area contributed by atoms with Gasteiger partial charge in [0.2, 0.25) is 0 Å². The minimum atomic E-state index is 0.325. The Kier molecular flexibility index (Phi) is 11.7. The number of aryl methyl sites for hydroxylation is 4. The fraction of sp³-hybridized carbons (Fsp3) is 0.362. The van der Waals surface area contributed by atoms with E-state index in [-0.39, 0.29) is 0 Å². The number of fused-ring (bicyclic) bond motifs is 4. The summed E-state index contributed by atoms with van der Waals surface area (Å²) in [6.07, 6.45) is 1.19. The van der Waals surface area contributed by atoms with E-state index in [0.29, 0.717) is 30.0 Å². The van der Waals surface area contributed by atoms with Crippen molar-refractivity contribution in [3.63, 3.8) is 0 Å². The maximum Gasteiger partial charge on any atom is 0.170 e. The van der Waals surface area contributed by atoms with E-state index in [2.05, 4.69) is 164 Å². The Morgan fingerprint density at radius 3 is 1.76 bits per heavy atom. The molecule has 0 aromatic heterocycles. The van der Waals surface area contributed by atoms with Crippen molar-refractivity contribution in [1.29, 1.82) is 0 Å². The van der Waals surface area contributed by atoms with Crippen LogP contribution in [-0.4, -0.2) is 99.6 Å². The monoisotopic (exact) mass is 877 g/mol. The van der Waals surface area contributed by atoms with Crippen LogP contribution in [0.15, 0.2) is 114 Å². The summed E-state index contributed by atoms with van der Waals surface area (Å²) >= 11 is 0. The molecule has 0 aliphatic carbocycles. The number of piperazine rings is 1. The van der Waals surface area contributed by atoms with Gasteiger partial charge in [0.05, 0.1) is 12.6 Å². The van der Waals surface area contributed by atoms with Gasteiger partial charge >= 0.3 is 0 Å². The van der Waals surface area contributed by atoms with Crippen LogP contribution in [0.2, 0.25) is 0 Å². The molecule has 3 fully saturated rings. The number of likely N-dealkylation sites (tertiary alicyclic amines) is 1. The molecule has 8 heteroatoms. The molecule has 5 unspecified atom stereocenters. The summed E-state index contributed by atoms with van der Waals surface area (Å²) in [4.78, 5) is 10.1. The normalized spacial score (nSPS) is 22.8. The predicted molar refractivity (Wildman–Crippen MR) is 271 cm³/mol. The molecule has 5 atom stereocenters. The van der Waals surface area contributed by atoms with E-state index in [0.717, 1.165) is 97.6 Å². The van der Waals surface area contributed by atoms with Crippen LogP contribution in [0.4, 0.5) is 0 Å². The molecule has 3 saturated heterocycles. The lowest BCUT2D eigenvalue weighted by atomic mass is 9.79. The molecule has 11 rings (SSSR count). The smallest absolute Gasteiger partial charge is 0.170 e. The molecule has 6 aromatic carbocycles. The first kappa shape index (κ1) is 43.0. The molecule has 3 N–H and O–H groups in total. The first-order valence-electron chi connectivity index (χ1n) is 24.4. The molecule has 0 spiro atoms. The number of ether oxygens (including phenoxy) is 2. The number of rotatable bonds is 8. The zero-order valence-corrected chi connectivity index (χ0v) is 39.5. The first-order valence-corrected chi connectivity index (χ1v) is 24.4. The van der Waals surface area contributed by atoms with Gasteiger partial charge in [0.1, 0.15) is 0 Å². The highest BCUT2D eigenvalue weighted by Crippen LogP contribution is 2.48. The first-order chi connectivity index (χ1) is 32.2. The summed E-state index contributed by atoms with van der Waals surface area (Å²) < 4.78 is 13.0. The van der Waals surface area contributed by atoms with Gasteiger partial charge in [-0.1, -0.05) is 91.9 Å². The van der Waals surface area contributed by atoms with Gasteiger partial charge in [0.25, 0.3) is 0 Å². The minimum absolute atomic E-state index is 0.325. The zero-order chi connectivity index (χ0) is 45.1. The van der Waals surface area contributed by atoms with E-state index in [1.54, 1.807) is 0 Å². The van der Waals surface area contributed by atoms with Gasteiger partial charge in [-0.05, 0) is 150 Å². The number of aliphatic imine (C=N–C) groups is 1. The average molecular weight is 877 g/mol. The van der Waals surface area contributed by atoms with Gasteiger partial charge in [0, 0.05) is 75.4 Å². The maximum atomic E-state index is 6.61. The molecule has 0 saturated carbocycles. The molecular formula is C58H64N6O2. The number of hydrogen-bond donors (Lipinski definition) is 3. The molecule has 338 valence electrons. The van der Waals surface area contributed by atoms with Crippen LogP contribution < -0.4 is 25.4 Å². The van der Waals surface area contributed by atoms with E-state index < -0.39 is 0 Å². The quantitative estimate of drug-likeness (QED) is 0.140. The lowest BCUT2D eigenvalue weighted by molar-refractivity contribution is 0.0788. The molecule has 8 nitrogen and oxygen atoms in total. The van der Waals surface area contributed by atoms with Crippen LogP contribution in [0.1, 0.15) is 58.6 Å². The van der Waals surface area contributed by atoms with Gasteiger partial charge in [-0.2, -0.15) is 0 Å². The second-order valence-corrected chi connectivity index (χ2v) is 19.7. The fourth-order valence-electron chi connectivity index (χ4n) is 11.9. The second kappa shape index (κ2) is 17.9. The highest BCUT2D eigenvalue weighted by Gasteiger charge is 2.41. The Morgan fingerprint density at radius 2 is 1.15 bits per heavy atom. The van der Waals surface area contributed by atoms with E-state index in [9.17, 15) is 0 Å².